The van der Waals surface area contributed by atoms with Crippen molar-refractivity contribution in [1.82, 2.24) is 9.55 Å². The first kappa shape index (κ1) is 11.9. The second-order valence-corrected chi connectivity index (χ2v) is 5.24. The van der Waals surface area contributed by atoms with Crippen molar-refractivity contribution in [3.05, 3.63) is 63.7 Å². The van der Waals surface area contributed by atoms with E-state index in [1.54, 1.807) is 34.4 Å². The van der Waals surface area contributed by atoms with Gasteiger partial charge in [0.15, 0.2) is 0 Å². The first-order valence-corrected chi connectivity index (χ1v) is 6.76. The third kappa shape index (κ3) is 2.51. The molecule has 3 rings (SSSR count). The predicted molar refractivity (Wildman–Crippen MR) is 74.4 cm³/mol. The molecule has 5 heteroatoms. The number of rotatable bonds is 3. The van der Waals surface area contributed by atoms with Crippen LogP contribution in [0.25, 0.3) is 10.8 Å². The van der Waals surface area contributed by atoms with E-state index in [4.69, 9.17) is 4.42 Å². The molecule has 0 N–H and O–H groups in total. The van der Waals surface area contributed by atoms with Gasteiger partial charge in [-0.1, -0.05) is 6.07 Å². The standard InChI is InChI=1S/C14H12N2O2S/c1-10-4-5-16(13(17)7-10)8-11-9-18-14(15-11)12-3-2-6-19-12/h2-7,9H,8H2,1H3. The molecular weight excluding hydrogens is 260 g/mol. The minimum absolute atomic E-state index is 0.0272. The quantitative estimate of drug-likeness (QED) is 0.736. The Morgan fingerprint density at radius 1 is 1.42 bits per heavy atom. The first-order valence-electron chi connectivity index (χ1n) is 5.88. The van der Waals surface area contributed by atoms with E-state index >= 15 is 0 Å². The number of hydrogen-bond acceptors (Lipinski definition) is 4. The number of nitrogens with zero attached hydrogens (tertiary/aromatic N) is 2. The summed E-state index contributed by atoms with van der Waals surface area (Å²) in [5.74, 6) is 0.602. The largest absolute Gasteiger partial charge is 0.443 e. The Morgan fingerprint density at radius 2 is 2.32 bits per heavy atom. The molecule has 0 spiro atoms. The highest BCUT2D eigenvalue weighted by Crippen LogP contribution is 2.23. The lowest BCUT2D eigenvalue weighted by molar-refractivity contribution is 0.572. The summed E-state index contributed by atoms with van der Waals surface area (Å²) >= 11 is 1.58. The van der Waals surface area contributed by atoms with Crippen LogP contribution >= 0.6 is 11.3 Å². The van der Waals surface area contributed by atoms with Crippen molar-refractivity contribution >= 4 is 11.3 Å². The number of oxazole rings is 1. The molecule has 0 atom stereocenters. The third-order valence-corrected chi connectivity index (χ3v) is 3.63. The molecular formula is C14H12N2O2S. The summed E-state index contributed by atoms with van der Waals surface area (Å²) in [4.78, 5) is 17.2. The highest BCUT2D eigenvalue weighted by molar-refractivity contribution is 7.13. The molecule has 0 amide bonds. The molecule has 3 aromatic heterocycles. The Balaban J connectivity index is 1.86. The Hall–Kier alpha value is -2.14. The molecule has 0 fully saturated rings. The second kappa shape index (κ2) is 4.85. The fourth-order valence-corrected chi connectivity index (χ4v) is 2.46. The number of thiophene rings is 1. The van der Waals surface area contributed by atoms with E-state index in [9.17, 15) is 4.79 Å². The smallest absolute Gasteiger partial charge is 0.251 e. The monoisotopic (exact) mass is 272 g/mol. The third-order valence-electron chi connectivity index (χ3n) is 2.77. The van der Waals surface area contributed by atoms with E-state index in [0.717, 1.165) is 16.1 Å². The molecule has 3 aromatic rings. The van der Waals surface area contributed by atoms with E-state index in [0.29, 0.717) is 12.4 Å². The number of aromatic nitrogens is 2. The molecule has 0 aromatic carbocycles. The van der Waals surface area contributed by atoms with Crippen molar-refractivity contribution in [3.8, 4) is 10.8 Å². The van der Waals surface area contributed by atoms with Crippen LogP contribution in [-0.4, -0.2) is 9.55 Å². The topological polar surface area (TPSA) is 48.0 Å². The van der Waals surface area contributed by atoms with Gasteiger partial charge in [0, 0.05) is 12.3 Å². The molecule has 96 valence electrons. The average molecular weight is 272 g/mol. The van der Waals surface area contributed by atoms with Crippen molar-refractivity contribution in [2.75, 3.05) is 0 Å². The van der Waals surface area contributed by atoms with Gasteiger partial charge in [-0.15, -0.1) is 11.3 Å². The number of hydrogen-bond donors (Lipinski definition) is 0. The van der Waals surface area contributed by atoms with Gasteiger partial charge in [-0.05, 0) is 30.0 Å². The van der Waals surface area contributed by atoms with Gasteiger partial charge < -0.3 is 8.98 Å². The van der Waals surface area contributed by atoms with Gasteiger partial charge in [0.2, 0.25) is 5.89 Å². The Labute approximate surface area is 114 Å². The molecule has 19 heavy (non-hydrogen) atoms. The maximum atomic E-state index is 11.8. The van der Waals surface area contributed by atoms with Gasteiger partial charge >= 0.3 is 0 Å². The summed E-state index contributed by atoms with van der Waals surface area (Å²) in [6.45, 7) is 2.32. The minimum atomic E-state index is -0.0272. The zero-order valence-electron chi connectivity index (χ0n) is 10.4. The zero-order valence-corrected chi connectivity index (χ0v) is 11.2. The summed E-state index contributed by atoms with van der Waals surface area (Å²) in [5.41, 5.74) is 1.68. The van der Waals surface area contributed by atoms with Crippen molar-refractivity contribution in [2.45, 2.75) is 13.5 Å². The van der Waals surface area contributed by atoms with Crippen LogP contribution in [0.3, 0.4) is 0 Å². The molecule has 0 radical (unpaired) electrons. The highest BCUT2D eigenvalue weighted by Gasteiger charge is 2.08. The maximum absolute atomic E-state index is 11.8. The summed E-state index contributed by atoms with van der Waals surface area (Å²) in [7, 11) is 0. The molecule has 4 nitrogen and oxygen atoms in total. The maximum Gasteiger partial charge on any atom is 0.251 e. The van der Waals surface area contributed by atoms with E-state index < -0.39 is 0 Å². The van der Waals surface area contributed by atoms with Gasteiger partial charge in [0.1, 0.15) is 6.26 Å². The van der Waals surface area contributed by atoms with Crippen molar-refractivity contribution in [2.24, 2.45) is 0 Å². The molecule has 0 unspecified atom stereocenters. The Kier molecular flexibility index (Phi) is 3.05. The van der Waals surface area contributed by atoms with E-state index in [1.165, 1.54) is 0 Å². The molecule has 3 heterocycles. The average Bonchev–Trinajstić information content (AvgIpc) is 3.03. The number of aryl methyl sites for hydroxylation is 1. The summed E-state index contributed by atoms with van der Waals surface area (Å²) < 4.78 is 7.04. The van der Waals surface area contributed by atoms with E-state index in [2.05, 4.69) is 4.98 Å². The molecule has 0 bridgehead atoms. The molecule has 0 saturated heterocycles. The van der Waals surface area contributed by atoms with E-state index in [1.807, 2.05) is 30.5 Å². The van der Waals surface area contributed by atoms with Crippen molar-refractivity contribution in [1.29, 1.82) is 0 Å². The van der Waals surface area contributed by atoms with Crippen LogP contribution in [0.2, 0.25) is 0 Å². The lowest BCUT2D eigenvalue weighted by Gasteiger charge is -2.02. The van der Waals surface area contributed by atoms with Gasteiger partial charge in [0.25, 0.3) is 5.56 Å². The summed E-state index contributed by atoms with van der Waals surface area (Å²) in [6.07, 6.45) is 3.37. The van der Waals surface area contributed by atoms with Crippen LogP contribution in [0.5, 0.6) is 0 Å². The zero-order chi connectivity index (χ0) is 13.2. The predicted octanol–water partition coefficient (Wildman–Crippen LogP) is 2.92. The van der Waals surface area contributed by atoms with Crippen LogP contribution in [0.15, 0.2) is 51.3 Å². The lowest BCUT2D eigenvalue weighted by Crippen LogP contribution is -2.19. The normalized spacial score (nSPS) is 10.8. The van der Waals surface area contributed by atoms with Gasteiger partial charge in [-0.3, -0.25) is 4.79 Å². The van der Waals surface area contributed by atoms with Crippen LogP contribution in [0.1, 0.15) is 11.3 Å². The van der Waals surface area contributed by atoms with Crippen LogP contribution in [0.4, 0.5) is 0 Å². The summed E-state index contributed by atoms with van der Waals surface area (Å²) in [5, 5.41) is 1.98. The molecule has 0 aliphatic heterocycles. The van der Waals surface area contributed by atoms with Crippen molar-refractivity contribution in [3.63, 3.8) is 0 Å². The lowest BCUT2D eigenvalue weighted by atomic mass is 10.3. The highest BCUT2D eigenvalue weighted by atomic mass is 32.1. The van der Waals surface area contributed by atoms with Crippen LogP contribution in [-0.2, 0) is 6.54 Å². The molecule has 0 aliphatic carbocycles. The minimum Gasteiger partial charge on any atom is -0.443 e. The molecule has 0 saturated carbocycles. The second-order valence-electron chi connectivity index (χ2n) is 4.29. The van der Waals surface area contributed by atoms with Gasteiger partial charge in [-0.2, -0.15) is 0 Å². The van der Waals surface area contributed by atoms with Crippen LogP contribution < -0.4 is 5.56 Å². The Bertz CT molecular complexity index is 741. The van der Waals surface area contributed by atoms with E-state index in [-0.39, 0.29) is 5.56 Å². The Morgan fingerprint density at radius 3 is 3.05 bits per heavy atom. The van der Waals surface area contributed by atoms with Gasteiger partial charge in [-0.25, -0.2) is 4.98 Å². The van der Waals surface area contributed by atoms with Crippen LogP contribution in [0, 0.1) is 6.92 Å². The SMILES string of the molecule is Cc1ccn(Cc2coc(-c3cccs3)n2)c(=O)c1. The number of pyridine rings is 1. The van der Waals surface area contributed by atoms with Crippen molar-refractivity contribution < 1.29 is 4.42 Å². The fourth-order valence-electron chi connectivity index (χ4n) is 1.80. The fraction of sp³-hybridized carbons (Fsp3) is 0.143. The first-order chi connectivity index (χ1) is 9.22. The molecule has 0 aliphatic rings. The summed E-state index contributed by atoms with van der Waals surface area (Å²) in [6, 6.07) is 7.43. The van der Waals surface area contributed by atoms with Gasteiger partial charge in [0.05, 0.1) is 17.1 Å².